The average Bonchev–Trinajstić information content (AvgIpc) is 2.47. The van der Waals surface area contributed by atoms with Crippen LogP contribution in [-0.2, 0) is 0 Å². The summed E-state index contributed by atoms with van der Waals surface area (Å²) in [5.41, 5.74) is 8.31. The average molecular weight is 300 g/mol. The van der Waals surface area contributed by atoms with Crippen molar-refractivity contribution < 1.29 is 0 Å². The van der Waals surface area contributed by atoms with E-state index in [1.807, 2.05) is 31.2 Å². The van der Waals surface area contributed by atoms with E-state index in [1.165, 1.54) is 0 Å². The number of nitrogens with one attached hydrogen (secondary N) is 1. The largest absolute Gasteiger partial charge is 0.383 e. The Morgan fingerprint density at radius 3 is 2.76 bits per heavy atom. The fraction of sp³-hybridized carbons (Fsp3) is 0.133. The van der Waals surface area contributed by atoms with Crippen LogP contribution in [0.25, 0.3) is 10.9 Å². The number of pyridine rings is 1. The molecule has 106 valence electrons. The molecule has 0 radical (unpaired) electrons. The maximum absolute atomic E-state index is 6.20. The highest BCUT2D eigenvalue weighted by Gasteiger charge is 2.10. The second kappa shape index (κ2) is 5.18. The Labute approximate surface area is 127 Å². The molecule has 0 spiro atoms. The monoisotopic (exact) mass is 299 g/mol. The van der Waals surface area contributed by atoms with Crippen molar-refractivity contribution >= 4 is 39.8 Å². The minimum Gasteiger partial charge on any atom is -0.383 e. The molecule has 0 unspecified atom stereocenters. The molecule has 3 rings (SSSR count). The molecule has 0 atom stereocenters. The summed E-state index contributed by atoms with van der Waals surface area (Å²) < 4.78 is 0. The molecular formula is C15H14ClN5. The Kier molecular flexibility index (Phi) is 3.35. The van der Waals surface area contributed by atoms with Gasteiger partial charge in [-0.05, 0) is 38.1 Å². The molecule has 5 nitrogen and oxygen atoms in total. The van der Waals surface area contributed by atoms with Crippen LogP contribution < -0.4 is 11.1 Å². The zero-order chi connectivity index (χ0) is 15.0. The number of anilines is 3. The highest BCUT2D eigenvalue weighted by Crippen LogP contribution is 2.30. The molecule has 0 saturated carbocycles. The lowest BCUT2D eigenvalue weighted by Crippen LogP contribution is -2.05. The Balaban J connectivity index is 2.13. The van der Waals surface area contributed by atoms with Gasteiger partial charge in [0.2, 0.25) is 0 Å². The van der Waals surface area contributed by atoms with Crippen molar-refractivity contribution in [1.82, 2.24) is 15.0 Å². The Morgan fingerprint density at radius 1 is 1.14 bits per heavy atom. The smallest absolute Gasteiger partial charge is 0.139 e. The minimum atomic E-state index is 0.469. The Morgan fingerprint density at radius 2 is 1.95 bits per heavy atom. The number of halogens is 1. The molecule has 21 heavy (non-hydrogen) atoms. The van der Waals surface area contributed by atoms with Crippen LogP contribution in [0, 0.1) is 13.8 Å². The van der Waals surface area contributed by atoms with Crippen molar-refractivity contribution in [3.05, 3.63) is 46.9 Å². The van der Waals surface area contributed by atoms with Crippen LogP contribution in [0.15, 0.2) is 30.5 Å². The Hall–Kier alpha value is -2.40. The van der Waals surface area contributed by atoms with Gasteiger partial charge in [0.1, 0.15) is 17.5 Å². The third-order valence-electron chi connectivity index (χ3n) is 3.26. The lowest BCUT2D eigenvalue weighted by atomic mass is 10.2. The van der Waals surface area contributed by atoms with Gasteiger partial charge in [0.05, 0.1) is 16.2 Å². The zero-order valence-electron chi connectivity index (χ0n) is 11.7. The summed E-state index contributed by atoms with van der Waals surface area (Å²) in [4.78, 5) is 12.9. The highest BCUT2D eigenvalue weighted by molar-refractivity contribution is 6.35. The number of fused-ring (bicyclic) bond motifs is 1. The number of hydrogen-bond donors (Lipinski definition) is 2. The first-order chi connectivity index (χ1) is 10.1. The van der Waals surface area contributed by atoms with Gasteiger partial charge in [-0.25, -0.2) is 9.97 Å². The van der Waals surface area contributed by atoms with Crippen LogP contribution in [0.3, 0.4) is 0 Å². The lowest BCUT2D eigenvalue weighted by molar-refractivity contribution is 1.04. The highest BCUT2D eigenvalue weighted by atomic mass is 35.5. The number of hydrogen-bond acceptors (Lipinski definition) is 5. The van der Waals surface area contributed by atoms with E-state index in [2.05, 4.69) is 20.3 Å². The van der Waals surface area contributed by atoms with E-state index in [4.69, 9.17) is 17.3 Å². The van der Waals surface area contributed by atoms with Gasteiger partial charge < -0.3 is 11.1 Å². The lowest BCUT2D eigenvalue weighted by Gasteiger charge is -2.12. The first-order valence-corrected chi connectivity index (χ1v) is 6.85. The standard InChI is InChI=1S/C15H14ClN5/c1-8-14(17)19-9(2)20-15(8)21-12-6-5-11(16)10-4-3-7-18-13(10)12/h3-7H,1-2H3,(H3,17,19,20,21). The number of aromatic nitrogens is 3. The van der Waals surface area contributed by atoms with Gasteiger partial charge in [-0.3, -0.25) is 4.98 Å². The van der Waals surface area contributed by atoms with Gasteiger partial charge in [0, 0.05) is 17.1 Å². The molecule has 0 amide bonds. The first-order valence-electron chi connectivity index (χ1n) is 6.47. The normalized spacial score (nSPS) is 10.8. The topological polar surface area (TPSA) is 76.7 Å². The summed E-state index contributed by atoms with van der Waals surface area (Å²) >= 11 is 6.20. The van der Waals surface area contributed by atoms with Gasteiger partial charge in [0.15, 0.2) is 0 Å². The van der Waals surface area contributed by atoms with Crippen LogP contribution in [0.1, 0.15) is 11.4 Å². The molecule has 0 aliphatic rings. The number of aryl methyl sites for hydroxylation is 1. The molecule has 2 aromatic heterocycles. The molecule has 2 heterocycles. The molecule has 0 aliphatic carbocycles. The summed E-state index contributed by atoms with van der Waals surface area (Å²) in [6.07, 6.45) is 1.73. The fourth-order valence-electron chi connectivity index (χ4n) is 2.14. The predicted octanol–water partition coefficient (Wildman–Crippen LogP) is 3.62. The van der Waals surface area contributed by atoms with E-state index in [0.717, 1.165) is 22.2 Å². The van der Waals surface area contributed by atoms with Gasteiger partial charge >= 0.3 is 0 Å². The quantitative estimate of drug-likeness (QED) is 0.756. The van der Waals surface area contributed by atoms with E-state index in [0.29, 0.717) is 22.5 Å². The molecule has 0 fully saturated rings. The first kappa shape index (κ1) is 13.6. The van der Waals surface area contributed by atoms with E-state index < -0.39 is 0 Å². The predicted molar refractivity (Wildman–Crippen MR) is 86.0 cm³/mol. The van der Waals surface area contributed by atoms with Crippen molar-refractivity contribution in [2.24, 2.45) is 0 Å². The summed E-state index contributed by atoms with van der Waals surface area (Å²) in [6, 6.07) is 7.50. The molecule has 0 aliphatic heterocycles. The van der Waals surface area contributed by atoms with Crippen molar-refractivity contribution in [3.63, 3.8) is 0 Å². The number of rotatable bonds is 2. The number of benzene rings is 1. The molecule has 6 heteroatoms. The summed E-state index contributed by atoms with van der Waals surface area (Å²) in [5.74, 6) is 1.76. The number of nitrogens with two attached hydrogens (primary N) is 1. The van der Waals surface area contributed by atoms with E-state index >= 15 is 0 Å². The third-order valence-corrected chi connectivity index (χ3v) is 3.59. The number of nitrogen functional groups attached to an aromatic ring is 1. The van der Waals surface area contributed by atoms with E-state index in [9.17, 15) is 0 Å². The van der Waals surface area contributed by atoms with E-state index in [-0.39, 0.29) is 0 Å². The molecule has 1 aromatic carbocycles. The van der Waals surface area contributed by atoms with Gasteiger partial charge in [-0.15, -0.1) is 0 Å². The molecule has 0 bridgehead atoms. The van der Waals surface area contributed by atoms with Crippen molar-refractivity contribution in [3.8, 4) is 0 Å². The van der Waals surface area contributed by atoms with Crippen LogP contribution in [0.5, 0.6) is 0 Å². The molecule has 3 N–H and O–H groups in total. The minimum absolute atomic E-state index is 0.469. The SMILES string of the molecule is Cc1nc(N)c(C)c(Nc2ccc(Cl)c3cccnc23)n1. The molecule has 3 aromatic rings. The fourth-order valence-corrected chi connectivity index (χ4v) is 2.35. The van der Waals surface area contributed by atoms with E-state index in [1.54, 1.807) is 13.1 Å². The zero-order valence-corrected chi connectivity index (χ0v) is 12.4. The van der Waals surface area contributed by atoms with Crippen molar-refractivity contribution in [2.75, 3.05) is 11.1 Å². The van der Waals surface area contributed by atoms with Gasteiger partial charge in [-0.1, -0.05) is 11.6 Å². The van der Waals surface area contributed by atoms with Gasteiger partial charge in [-0.2, -0.15) is 0 Å². The van der Waals surface area contributed by atoms with Crippen LogP contribution in [0.2, 0.25) is 5.02 Å². The van der Waals surface area contributed by atoms with Crippen LogP contribution in [0.4, 0.5) is 17.3 Å². The molecular weight excluding hydrogens is 286 g/mol. The maximum Gasteiger partial charge on any atom is 0.139 e. The number of nitrogens with zero attached hydrogens (tertiary/aromatic N) is 3. The maximum atomic E-state index is 6.20. The van der Waals surface area contributed by atoms with Gasteiger partial charge in [0.25, 0.3) is 0 Å². The summed E-state index contributed by atoms with van der Waals surface area (Å²) in [6.45, 7) is 3.68. The second-order valence-corrected chi connectivity index (χ2v) is 5.16. The van der Waals surface area contributed by atoms with Crippen LogP contribution in [-0.4, -0.2) is 15.0 Å². The van der Waals surface area contributed by atoms with Crippen molar-refractivity contribution in [1.29, 1.82) is 0 Å². The molecule has 0 saturated heterocycles. The Bertz CT molecular complexity index is 832. The van der Waals surface area contributed by atoms with Crippen molar-refractivity contribution in [2.45, 2.75) is 13.8 Å². The summed E-state index contributed by atoms with van der Waals surface area (Å²) in [7, 11) is 0. The second-order valence-electron chi connectivity index (χ2n) is 4.75. The summed E-state index contributed by atoms with van der Waals surface area (Å²) in [5, 5.41) is 4.83. The third kappa shape index (κ3) is 2.48. The van der Waals surface area contributed by atoms with Crippen LogP contribution >= 0.6 is 11.6 Å².